The molecule has 5 nitrogen and oxygen atoms in total. The van der Waals surface area contributed by atoms with Crippen molar-refractivity contribution in [3.05, 3.63) is 29.8 Å². The molecule has 2 fully saturated rings. The fraction of sp³-hybridized carbons (Fsp3) is 0.632. The molecule has 0 saturated carbocycles. The number of amides is 1. The zero-order chi connectivity index (χ0) is 16.9. The Bertz CT molecular complexity index is 565. The van der Waals surface area contributed by atoms with Crippen LogP contribution in [-0.2, 0) is 16.0 Å². The number of likely N-dealkylation sites (tertiary alicyclic amines) is 1. The normalized spacial score (nSPS) is 21.6. The lowest BCUT2D eigenvalue weighted by molar-refractivity contribution is -0.133. The Hall–Kier alpha value is -1.01. The molecule has 0 aliphatic carbocycles. The van der Waals surface area contributed by atoms with Gasteiger partial charge in [-0.3, -0.25) is 9.69 Å². The summed E-state index contributed by atoms with van der Waals surface area (Å²) >= 11 is 0. The van der Waals surface area contributed by atoms with Crippen LogP contribution in [0.3, 0.4) is 0 Å². The zero-order valence-corrected chi connectivity index (χ0v) is 17.1. The first-order valence-corrected chi connectivity index (χ1v) is 9.10. The van der Waals surface area contributed by atoms with Crippen molar-refractivity contribution in [2.45, 2.75) is 44.8 Å². The smallest absolute Gasteiger partial charge is 0.222 e. The van der Waals surface area contributed by atoms with Crippen molar-refractivity contribution in [2.24, 2.45) is 0 Å². The Balaban J connectivity index is 0.00000169. The first-order chi connectivity index (χ1) is 11.6. The van der Waals surface area contributed by atoms with E-state index in [0.717, 1.165) is 63.3 Å². The van der Waals surface area contributed by atoms with Gasteiger partial charge in [0.25, 0.3) is 0 Å². The van der Waals surface area contributed by atoms with Gasteiger partial charge in [-0.1, -0.05) is 18.2 Å². The van der Waals surface area contributed by atoms with Crippen molar-refractivity contribution in [1.29, 1.82) is 0 Å². The highest BCUT2D eigenvalue weighted by Gasteiger charge is 2.29. The molecular formula is C19H31Cl2N3O2. The summed E-state index contributed by atoms with van der Waals surface area (Å²) in [5.74, 6) is 0.257. The number of carbonyl (C=O) groups excluding carboxylic acids is 1. The van der Waals surface area contributed by atoms with E-state index >= 15 is 0 Å². The summed E-state index contributed by atoms with van der Waals surface area (Å²) in [5, 5.41) is 0. The number of para-hydroxylation sites is 1. The molecule has 1 amide bonds. The van der Waals surface area contributed by atoms with Crippen molar-refractivity contribution in [2.75, 3.05) is 38.5 Å². The van der Waals surface area contributed by atoms with Gasteiger partial charge in [0.2, 0.25) is 5.91 Å². The molecule has 0 radical (unpaired) electrons. The van der Waals surface area contributed by atoms with Crippen LogP contribution in [0.25, 0.3) is 0 Å². The molecule has 1 aromatic rings. The van der Waals surface area contributed by atoms with Crippen LogP contribution in [0.4, 0.5) is 5.69 Å². The van der Waals surface area contributed by atoms with Crippen LogP contribution in [0, 0.1) is 0 Å². The van der Waals surface area contributed by atoms with Crippen LogP contribution in [0.1, 0.15) is 31.7 Å². The van der Waals surface area contributed by atoms with Crippen molar-refractivity contribution in [3.8, 4) is 0 Å². The number of ether oxygens (including phenoxy) is 1. The second-order valence-electron chi connectivity index (χ2n) is 6.99. The molecule has 2 aliphatic heterocycles. The summed E-state index contributed by atoms with van der Waals surface area (Å²) in [4.78, 5) is 17.0. The number of halogens is 2. The van der Waals surface area contributed by atoms with E-state index in [9.17, 15) is 4.79 Å². The van der Waals surface area contributed by atoms with Gasteiger partial charge >= 0.3 is 0 Å². The number of anilines is 1. The number of aryl methyl sites for hydroxylation is 1. The van der Waals surface area contributed by atoms with Crippen LogP contribution in [-0.4, -0.2) is 60.6 Å². The van der Waals surface area contributed by atoms with E-state index < -0.39 is 0 Å². The highest BCUT2D eigenvalue weighted by molar-refractivity contribution is 5.85. The third-order valence-electron chi connectivity index (χ3n) is 5.27. The topological polar surface area (TPSA) is 58.8 Å². The molecule has 2 heterocycles. The van der Waals surface area contributed by atoms with Crippen LogP contribution in [0.2, 0.25) is 0 Å². The van der Waals surface area contributed by atoms with E-state index in [1.54, 1.807) is 0 Å². The lowest BCUT2D eigenvalue weighted by Gasteiger charge is -2.41. The number of benzene rings is 1. The number of rotatable bonds is 4. The van der Waals surface area contributed by atoms with Crippen molar-refractivity contribution >= 4 is 36.4 Å². The van der Waals surface area contributed by atoms with E-state index in [1.165, 1.54) is 0 Å². The van der Waals surface area contributed by atoms with Crippen LogP contribution in [0.5, 0.6) is 0 Å². The van der Waals surface area contributed by atoms with E-state index in [0.29, 0.717) is 18.6 Å². The van der Waals surface area contributed by atoms with Crippen LogP contribution in [0.15, 0.2) is 24.3 Å². The van der Waals surface area contributed by atoms with Gasteiger partial charge in [0.15, 0.2) is 0 Å². The van der Waals surface area contributed by atoms with Gasteiger partial charge in [0.1, 0.15) is 0 Å². The predicted octanol–water partition coefficient (Wildman–Crippen LogP) is 2.76. The van der Waals surface area contributed by atoms with Gasteiger partial charge in [-0.15, -0.1) is 24.8 Å². The highest BCUT2D eigenvalue weighted by atomic mass is 35.5. The maximum Gasteiger partial charge on any atom is 0.222 e. The van der Waals surface area contributed by atoms with Gasteiger partial charge in [-0.05, 0) is 37.8 Å². The molecule has 7 heteroatoms. The molecule has 1 atom stereocenters. The molecule has 1 aromatic carbocycles. The summed E-state index contributed by atoms with van der Waals surface area (Å²) < 4.78 is 5.63. The number of hydrogen-bond acceptors (Lipinski definition) is 4. The third kappa shape index (κ3) is 6.02. The molecular weight excluding hydrogens is 373 g/mol. The first-order valence-electron chi connectivity index (χ1n) is 9.10. The minimum Gasteiger partial charge on any atom is -0.399 e. The number of nitrogen functional groups attached to an aromatic ring is 1. The average Bonchev–Trinajstić information content (AvgIpc) is 2.61. The Kier molecular flexibility index (Phi) is 9.72. The monoisotopic (exact) mass is 403 g/mol. The van der Waals surface area contributed by atoms with Gasteiger partial charge in [0, 0.05) is 44.3 Å². The summed E-state index contributed by atoms with van der Waals surface area (Å²) in [6.45, 7) is 6.76. The van der Waals surface area contributed by atoms with Crippen molar-refractivity contribution in [3.63, 3.8) is 0 Å². The Labute approximate surface area is 169 Å². The van der Waals surface area contributed by atoms with E-state index in [2.05, 4.69) is 11.8 Å². The Morgan fingerprint density at radius 3 is 2.54 bits per heavy atom. The summed E-state index contributed by atoms with van der Waals surface area (Å²) in [6, 6.07) is 8.41. The summed E-state index contributed by atoms with van der Waals surface area (Å²) in [6.07, 6.45) is 3.76. The van der Waals surface area contributed by atoms with Gasteiger partial charge in [-0.25, -0.2) is 0 Å². The second kappa shape index (κ2) is 11.0. The minimum atomic E-state index is 0. The van der Waals surface area contributed by atoms with Crippen LogP contribution < -0.4 is 5.73 Å². The largest absolute Gasteiger partial charge is 0.399 e. The molecule has 2 saturated heterocycles. The minimum absolute atomic E-state index is 0. The number of nitrogens with zero attached hydrogens (tertiary/aromatic N) is 2. The second-order valence-corrected chi connectivity index (χ2v) is 6.99. The molecule has 1 unspecified atom stereocenters. The molecule has 2 N–H and O–H groups in total. The van der Waals surface area contributed by atoms with Gasteiger partial charge < -0.3 is 15.4 Å². The number of hydrogen-bond donors (Lipinski definition) is 1. The lowest BCUT2D eigenvalue weighted by atomic mass is 10.0. The molecule has 3 rings (SSSR count). The van der Waals surface area contributed by atoms with E-state index in [1.807, 2.05) is 29.2 Å². The van der Waals surface area contributed by atoms with Gasteiger partial charge in [0.05, 0.1) is 12.7 Å². The molecule has 0 spiro atoms. The number of nitrogens with two attached hydrogens (primary N) is 1. The maximum atomic E-state index is 12.5. The third-order valence-corrected chi connectivity index (χ3v) is 5.27. The first kappa shape index (κ1) is 23.0. The number of carbonyl (C=O) groups is 1. The number of piperidine rings is 1. The average molecular weight is 404 g/mol. The Morgan fingerprint density at radius 1 is 1.19 bits per heavy atom. The molecule has 0 aromatic heterocycles. The van der Waals surface area contributed by atoms with Gasteiger partial charge in [-0.2, -0.15) is 0 Å². The van der Waals surface area contributed by atoms with Crippen LogP contribution >= 0.6 is 24.8 Å². The zero-order valence-electron chi connectivity index (χ0n) is 15.4. The van der Waals surface area contributed by atoms with Crippen molar-refractivity contribution < 1.29 is 9.53 Å². The molecule has 26 heavy (non-hydrogen) atoms. The molecule has 148 valence electrons. The SMILES string of the molecule is CC1CN(C2CCN(C(=O)CCc3ccccc3N)CC2)CCO1.Cl.Cl. The van der Waals surface area contributed by atoms with E-state index in [-0.39, 0.29) is 30.7 Å². The Morgan fingerprint density at radius 2 is 1.88 bits per heavy atom. The standard InChI is InChI=1S/C19H29N3O2.2ClH/c1-15-14-22(12-13-24-15)17-8-10-21(11-9-17)19(23)7-6-16-4-2-3-5-18(16)20;;/h2-5,15,17H,6-14,20H2,1H3;2*1H. The predicted molar refractivity (Wildman–Crippen MR) is 110 cm³/mol. The fourth-order valence-electron chi connectivity index (χ4n) is 3.82. The molecule has 0 bridgehead atoms. The highest BCUT2D eigenvalue weighted by Crippen LogP contribution is 2.20. The van der Waals surface area contributed by atoms with E-state index in [4.69, 9.17) is 10.5 Å². The molecule has 2 aliphatic rings. The summed E-state index contributed by atoms with van der Waals surface area (Å²) in [7, 11) is 0. The fourth-order valence-corrected chi connectivity index (χ4v) is 3.82. The number of morpholine rings is 1. The summed E-state index contributed by atoms with van der Waals surface area (Å²) in [5.41, 5.74) is 7.81. The maximum absolute atomic E-state index is 12.5. The quantitative estimate of drug-likeness (QED) is 0.785. The van der Waals surface area contributed by atoms with Crippen molar-refractivity contribution in [1.82, 2.24) is 9.80 Å². The lowest BCUT2D eigenvalue weighted by Crippen LogP contribution is -2.51.